The fourth-order valence-corrected chi connectivity index (χ4v) is 4.41. The Balaban J connectivity index is 1.51. The van der Waals surface area contributed by atoms with Crippen LogP contribution in [0, 0.1) is 17.0 Å². The van der Waals surface area contributed by atoms with E-state index in [1.807, 2.05) is 13.0 Å². The summed E-state index contributed by atoms with van der Waals surface area (Å²) in [5.74, 6) is 1.38. The van der Waals surface area contributed by atoms with Crippen molar-refractivity contribution in [2.75, 3.05) is 11.9 Å². The fraction of sp³-hybridized carbons (Fsp3) is 0.524. The van der Waals surface area contributed by atoms with Gasteiger partial charge in [0.2, 0.25) is 0 Å². The molecule has 2 aromatic rings. The van der Waals surface area contributed by atoms with Crippen molar-refractivity contribution >= 4 is 11.5 Å². The van der Waals surface area contributed by atoms with Gasteiger partial charge >= 0.3 is 0 Å². The predicted molar refractivity (Wildman–Crippen MR) is 107 cm³/mol. The fourth-order valence-electron chi connectivity index (χ4n) is 4.41. The van der Waals surface area contributed by atoms with Crippen LogP contribution < -0.4 is 5.32 Å². The Kier molecular flexibility index (Phi) is 5.26. The first-order chi connectivity index (χ1) is 13.5. The molecular weight excluding hydrogens is 356 g/mol. The number of hydrogen-bond acceptors (Lipinski definition) is 6. The summed E-state index contributed by atoms with van der Waals surface area (Å²) in [6, 6.07) is 8.66. The Morgan fingerprint density at radius 1 is 1.18 bits per heavy atom. The first kappa shape index (κ1) is 18.8. The largest absolute Gasteiger partial charge is 0.375 e. The average molecular weight is 382 g/mol. The van der Waals surface area contributed by atoms with Crippen LogP contribution in [0.2, 0.25) is 0 Å². The zero-order valence-electron chi connectivity index (χ0n) is 16.2. The van der Waals surface area contributed by atoms with Gasteiger partial charge in [-0.05, 0) is 44.7 Å². The van der Waals surface area contributed by atoms with Gasteiger partial charge in [0.05, 0.1) is 10.5 Å². The molecule has 1 aromatic carbocycles. The van der Waals surface area contributed by atoms with Crippen LogP contribution in [0.1, 0.15) is 50.6 Å². The van der Waals surface area contributed by atoms with Crippen molar-refractivity contribution in [2.45, 2.75) is 63.5 Å². The van der Waals surface area contributed by atoms with Gasteiger partial charge < -0.3 is 10.1 Å². The number of ether oxygens (including phenoxy) is 1. The number of aryl methyl sites for hydroxylation is 1. The lowest BCUT2D eigenvalue weighted by atomic mass is 9.78. The van der Waals surface area contributed by atoms with E-state index >= 15 is 0 Å². The summed E-state index contributed by atoms with van der Waals surface area (Å²) in [6.07, 6.45) is 8.12. The summed E-state index contributed by atoms with van der Waals surface area (Å²) in [4.78, 5) is 19.6. The number of aromatic nitrogens is 2. The molecule has 0 amide bonds. The van der Waals surface area contributed by atoms with E-state index < -0.39 is 4.92 Å². The zero-order valence-corrected chi connectivity index (χ0v) is 16.2. The Labute approximate surface area is 164 Å². The predicted octanol–water partition coefficient (Wildman–Crippen LogP) is 4.65. The number of anilines is 1. The van der Waals surface area contributed by atoms with E-state index in [-0.39, 0.29) is 11.3 Å². The smallest absolute Gasteiger partial charge is 0.269 e. The number of nitrogens with one attached hydrogen (secondary N) is 1. The normalized spacial score (nSPS) is 21.4. The summed E-state index contributed by atoms with van der Waals surface area (Å²) in [6.45, 7) is 2.73. The number of rotatable bonds is 4. The second kappa shape index (κ2) is 7.83. The van der Waals surface area contributed by atoms with Gasteiger partial charge in [0.1, 0.15) is 5.82 Å². The van der Waals surface area contributed by atoms with Crippen LogP contribution in [-0.2, 0) is 4.74 Å². The summed E-state index contributed by atoms with van der Waals surface area (Å²) in [5.41, 5.74) is 1.74. The standard InChI is InChI=1S/C21H26N4O3/c1-15-13-19(23-17-9-12-28-21(14-17)10-3-2-4-11-21)24-20(22-15)16-5-7-18(8-6-16)25(26)27/h5-8,13,17H,2-4,9-12,14H2,1H3,(H,22,23,24). The van der Waals surface area contributed by atoms with Crippen molar-refractivity contribution in [1.29, 1.82) is 0 Å². The molecule has 0 radical (unpaired) electrons. The van der Waals surface area contributed by atoms with Crippen molar-refractivity contribution in [3.8, 4) is 11.4 Å². The maximum atomic E-state index is 10.9. The van der Waals surface area contributed by atoms with Crippen molar-refractivity contribution in [3.05, 3.63) is 46.1 Å². The molecule has 1 unspecified atom stereocenters. The third-order valence-corrected chi connectivity index (χ3v) is 5.80. The van der Waals surface area contributed by atoms with E-state index in [1.165, 1.54) is 31.4 Å². The number of nitro groups is 1. The monoisotopic (exact) mass is 382 g/mol. The van der Waals surface area contributed by atoms with E-state index in [9.17, 15) is 10.1 Å². The van der Waals surface area contributed by atoms with Gasteiger partial charge in [-0.2, -0.15) is 0 Å². The molecule has 148 valence electrons. The van der Waals surface area contributed by atoms with E-state index in [2.05, 4.69) is 15.3 Å². The van der Waals surface area contributed by atoms with Crippen LogP contribution >= 0.6 is 0 Å². The first-order valence-corrected chi connectivity index (χ1v) is 10.0. The molecule has 4 rings (SSSR count). The Morgan fingerprint density at radius 3 is 2.64 bits per heavy atom. The highest BCUT2D eigenvalue weighted by atomic mass is 16.6. The third kappa shape index (κ3) is 4.14. The minimum Gasteiger partial charge on any atom is -0.375 e. The highest BCUT2D eigenvalue weighted by Gasteiger charge is 2.38. The molecule has 1 aliphatic carbocycles. The Bertz CT molecular complexity index is 842. The second-order valence-corrected chi connectivity index (χ2v) is 7.95. The second-order valence-electron chi connectivity index (χ2n) is 7.95. The molecule has 1 atom stereocenters. The maximum Gasteiger partial charge on any atom is 0.269 e. The molecule has 7 heteroatoms. The zero-order chi connectivity index (χ0) is 19.6. The third-order valence-electron chi connectivity index (χ3n) is 5.80. The van der Waals surface area contributed by atoms with E-state index in [0.29, 0.717) is 11.9 Å². The molecular formula is C21H26N4O3. The molecule has 1 aliphatic heterocycles. The van der Waals surface area contributed by atoms with Crippen molar-refractivity contribution in [1.82, 2.24) is 9.97 Å². The van der Waals surface area contributed by atoms with Crippen molar-refractivity contribution in [3.63, 3.8) is 0 Å². The summed E-state index contributed by atoms with van der Waals surface area (Å²) in [5, 5.41) is 14.5. The molecule has 7 nitrogen and oxygen atoms in total. The Morgan fingerprint density at radius 2 is 1.93 bits per heavy atom. The van der Waals surface area contributed by atoms with Crippen molar-refractivity contribution < 1.29 is 9.66 Å². The number of benzene rings is 1. The van der Waals surface area contributed by atoms with Gasteiger partial charge in [-0.15, -0.1) is 0 Å². The summed E-state index contributed by atoms with van der Waals surface area (Å²) in [7, 11) is 0. The molecule has 2 heterocycles. The number of hydrogen-bond donors (Lipinski definition) is 1. The maximum absolute atomic E-state index is 10.9. The van der Waals surface area contributed by atoms with Gasteiger partial charge in [0, 0.05) is 42.1 Å². The van der Waals surface area contributed by atoms with Crippen molar-refractivity contribution in [2.24, 2.45) is 0 Å². The van der Waals surface area contributed by atoms with Gasteiger partial charge in [0.25, 0.3) is 5.69 Å². The molecule has 1 saturated carbocycles. The van der Waals surface area contributed by atoms with Gasteiger partial charge in [-0.1, -0.05) is 19.3 Å². The Hall–Kier alpha value is -2.54. The topological polar surface area (TPSA) is 90.2 Å². The highest BCUT2D eigenvalue weighted by Crippen LogP contribution is 2.39. The number of non-ortho nitro benzene ring substituents is 1. The summed E-state index contributed by atoms with van der Waals surface area (Å²) < 4.78 is 6.19. The van der Waals surface area contributed by atoms with E-state index in [1.54, 1.807) is 12.1 Å². The minimum absolute atomic E-state index is 0.0391. The number of nitro benzene ring substituents is 1. The number of nitrogens with zero attached hydrogens (tertiary/aromatic N) is 3. The lowest BCUT2D eigenvalue weighted by molar-refractivity contribution is -0.384. The molecule has 2 aliphatic rings. The quantitative estimate of drug-likeness (QED) is 0.611. The van der Waals surface area contributed by atoms with Crippen LogP contribution in [-0.4, -0.2) is 33.1 Å². The van der Waals surface area contributed by atoms with Gasteiger partial charge in [-0.3, -0.25) is 10.1 Å². The molecule has 0 bridgehead atoms. The van der Waals surface area contributed by atoms with Crippen LogP contribution in [0.15, 0.2) is 30.3 Å². The molecule has 1 aromatic heterocycles. The molecule has 28 heavy (non-hydrogen) atoms. The molecule has 1 spiro atoms. The SMILES string of the molecule is Cc1cc(NC2CCOC3(CCCCC3)C2)nc(-c2ccc([N+](=O)[O-])cc2)n1. The van der Waals surface area contributed by atoms with E-state index in [4.69, 9.17) is 4.74 Å². The average Bonchev–Trinajstić information content (AvgIpc) is 2.68. The van der Waals surface area contributed by atoms with Crippen LogP contribution in [0.4, 0.5) is 11.5 Å². The van der Waals surface area contributed by atoms with E-state index in [0.717, 1.165) is 49.4 Å². The molecule has 1 saturated heterocycles. The van der Waals surface area contributed by atoms with Crippen LogP contribution in [0.25, 0.3) is 11.4 Å². The summed E-state index contributed by atoms with van der Waals surface area (Å²) >= 11 is 0. The van der Waals surface area contributed by atoms with Crippen LogP contribution in [0.5, 0.6) is 0 Å². The highest BCUT2D eigenvalue weighted by molar-refractivity contribution is 5.59. The lowest BCUT2D eigenvalue weighted by Gasteiger charge is -2.43. The lowest BCUT2D eigenvalue weighted by Crippen LogP contribution is -2.45. The van der Waals surface area contributed by atoms with Gasteiger partial charge in [0.15, 0.2) is 5.82 Å². The molecule has 1 N–H and O–H groups in total. The van der Waals surface area contributed by atoms with Crippen LogP contribution in [0.3, 0.4) is 0 Å². The minimum atomic E-state index is -0.403. The van der Waals surface area contributed by atoms with Gasteiger partial charge in [-0.25, -0.2) is 9.97 Å². The first-order valence-electron chi connectivity index (χ1n) is 10.0. The molecule has 2 fully saturated rings.